The Balaban J connectivity index is 1.94. The lowest BCUT2D eigenvalue weighted by atomic mass is 10.2. The zero-order valence-electron chi connectivity index (χ0n) is 15.2. The quantitative estimate of drug-likeness (QED) is 0.682. The van der Waals surface area contributed by atoms with Crippen LogP contribution in [0.2, 0.25) is 0 Å². The summed E-state index contributed by atoms with van der Waals surface area (Å²) < 4.78 is 33.0. The first kappa shape index (κ1) is 19.2. The number of nitrogens with zero attached hydrogens (tertiary/aromatic N) is 1. The molecule has 1 aromatic heterocycles. The number of hydrogen-bond acceptors (Lipinski definition) is 5. The lowest BCUT2D eigenvalue weighted by Gasteiger charge is -2.19. The minimum atomic E-state index is -3.70. The van der Waals surface area contributed by atoms with Gasteiger partial charge in [0.25, 0.3) is 15.9 Å². The van der Waals surface area contributed by atoms with Crippen molar-refractivity contribution in [2.75, 3.05) is 25.0 Å². The van der Waals surface area contributed by atoms with E-state index in [0.717, 1.165) is 10.1 Å². The molecular formula is C19H20N2O4S2. The van der Waals surface area contributed by atoms with Gasteiger partial charge in [0, 0.05) is 18.3 Å². The highest BCUT2D eigenvalue weighted by Gasteiger charge is 2.22. The van der Waals surface area contributed by atoms with E-state index < -0.39 is 10.0 Å². The number of sulfonamides is 1. The van der Waals surface area contributed by atoms with Crippen molar-refractivity contribution in [3.05, 3.63) is 53.4 Å². The first-order valence-electron chi connectivity index (χ1n) is 8.31. The molecule has 1 N–H and O–H groups in total. The third-order valence-corrected chi connectivity index (χ3v) is 7.06. The van der Waals surface area contributed by atoms with Crippen LogP contribution in [0.1, 0.15) is 16.6 Å². The molecule has 0 aliphatic heterocycles. The summed E-state index contributed by atoms with van der Waals surface area (Å²) in [6.45, 7) is 2.42. The molecular weight excluding hydrogens is 384 g/mol. The summed E-state index contributed by atoms with van der Waals surface area (Å²) in [6, 6.07) is 13.4. The Bertz CT molecular complexity index is 1070. The SMILES string of the molecule is CCNC(=O)c1cc2cc(N(C)S(=O)(=O)c3ccc(OC)cc3)ccc2s1. The Morgan fingerprint density at radius 1 is 1.15 bits per heavy atom. The molecule has 1 amide bonds. The second kappa shape index (κ2) is 7.58. The van der Waals surface area contributed by atoms with Crippen LogP contribution in [0.15, 0.2) is 53.4 Å². The van der Waals surface area contributed by atoms with Crippen LogP contribution in [-0.2, 0) is 10.0 Å². The minimum absolute atomic E-state index is 0.126. The van der Waals surface area contributed by atoms with Gasteiger partial charge in [-0.2, -0.15) is 0 Å². The number of carbonyl (C=O) groups is 1. The summed E-state index contributed by atoms with van der Waals surface area (Å²) in [6.07, 6.45) is 0. The minimum Gasteiger partial charge on any atom is -0.497 e. The first-order chi connectivity index (χ1) is 12.9. The van der Waals surface area contributed by atoms with Gasteiger partial charge in [-0.25, -0.2) is 8.42 Å². The van der Waals surface area contributed by atoms with Crippen molar-refractivity contribution in [2.45, 2.75) is 11.8 Å². The van der Waals surface area contributed by atoms with E-state index in [9.17, 15) is 13.2 Å². The molecule has 0 saturated heterocycles. The van der Waals surface area contributed by atoms with Gasteiger partial charge in [0.05, 0.1) is 22.6 Å². The van der Waals surface area contributed by atoms with Crippen LogP contribution in [0.3, 0.4) is 0 Å². The van der Waals surface area contributed by atoms with Crippen LogP contribution in [0.25, 0.3) is 10.1 Å². The van der Waals surface area contributed by atoms with Crippen LogP contribution >= 0.6 is 11.3 Å². The molecule has 0 aliphatic rings. The van der Waals surface area contributed by atoms with Crippen molar-refractivity contribution < 1.29 is 17.9 Å². The Kier molecular flexibility index (Phi) is 5.38. The number of nitrogens with one attached hydrogen (secondary N) is 1. The van der Waals surface area contributed by atoms with Crippen molar-refractivity contribution in [1.82, 2.24) is 5.32 Å². The molecule has 8 heteroatoms. The van der Waals surface area contributed by atoms with Crippen molar-refractivity contribution in [3.63, 3.8) is 0 Å². The summed E-state index contributed by atoms with van der Waals surface area (Å²) in [5.41, 5.74) is 0.526. The van der Waals surface area contributed by atoms with E-state index in [0.29, 0.717) is 22.9 Å². The number of methoxy groups -OCH3 is 1. The predicted molar refractivity (Wildman–Crippen MR) is 108 cm³/mol. The van der Waals surface area contributed by atoms with Crippen molar-refractivity contribution in [2.24, 2.45) is 0 Å². The van der Waals surface area contributed by atoms with Crippen LogP contribution in [0, 0.1) is 0 Å². The predicted octanol–water partition coefficient (Wildman–Crippen LogP) is 3.48. The topological polar surface area (TPSA) is 75.7 Å². The number of hydrogen-bond donors (Lipinski definition) is 1. The highest BCUT2D eigenvalue weighted by molar-refractivity contribution is 7.92. The molecule has 0 saturated carbocycles. The molecule has 27 heavy (non-hydrogen) atoms. The van der Waals surface area contributed by atoms with Crippen LogP contribution in [-0.4, -0.2) is 35.0 Å². The van der Waals surface area contributed by atoms with E-state index >= 15 is 0 Å². The third-order valence-electron chi connectivity index (χ3n) is 4.14. The molecule has 0 aliphatic carbocycles. The van der Waals surface area contributed by atoms with Gasteiger partial charge in [-0.15, -0.1) is 11.3 Å². The molecule has 142 valence electrons. The number of amides is 1. The molecule has 2 aromatic carbocycles. The fourth-order valence-electron chi connectivity index (χ4n) is 2.63. The number of benzene rings is 2. The number of rotatable bonds is 6. The molecule has 6 nitrogen and oxygen atoms in total. The second-order valence-corrected chi connectivity index (χ2v) is 8.89. The average molecular weight is 405 g/mol. The molecule has 0 fully saturated rings. The second-order valence-electron chi connectivity index (χ2n) is 5.84. The Morgan fingerprint density at radius 2 is 1.85 bits per heavy atom. The fraction of sp³-hybridized carbons (Fsp3) is 0.211. The molecule has 0 radical (unpaired) electrons. The maximum atomic E-state index is 12.9. The van der Waals surface area contributed by atoms with E-state index in [1.165, 1.54) is 41.9 Å². The standard InChI is InChI=1S/C19H20N2O4S2/c1-4-20-19(22)18-12-13-11-14(5-10-17(13)26-18)21(2)27(23,24)16-8-6-15(25-3)7-9-16/h5-12H,4H2,1-3H3,(H,20,22). The molecule has 0 atom stereocenters. The van der Waals surface area contributed by atoms with Gasteiger partial charge in [-0.1, -0.05) is 0 Å². The number of fused-ring (bicyclic) bond motifs is 1. The van der Waals surface area contributed by atoms with Gasteiger partial charge in [0.1, 0.15) is 5.75 Å². The smallest absolute Gasteiger partial charge is 0.264 e. The average Bonchev–Trinajstić information content (AvgIpc) is 3.11. The van der Waals surface area contributed by atoms with Gasteiger partial charge in [0.2, 0.25) is 0 Å². The van der Waals surface area contributed by atoms with Gasteiger partial charge >= 0.3 is 0 Å². The van der Waals surface area contributed by atoms with Gasteiger partial charge < -0.3 is 10.1 Å². The number of thiophene rings is 1. The largest absolute Gasteiger partial charge is 0.497 e. The van der Waals surface area contributed by atoms with Gasteiger partial charge in [0.15, 0.2) is 0 Å². The molecule has 0 spiro atoms. The zero-order chi connectivity index (χ0) is 19.6. The highest BCUT2D eigenvalue weighted by atomic mass is 32.2. The molecule has 0 bridgehead atoms. The maximum Gasteiger partial charge on any atom is 0.264 e. The van der Waals surface area contributed by atoms with E-state index in [1.807, 2.05) is 13.0 Å². The summed E-state index contributed by atoms with van der Waals surface area (Å²) in [5, 5.41) is 3.60. The van der Waals surface area contributed by atoms with E-state index in [1.54, 1.807) is 30.3 Å². The number of anilines is 1. The summed E-state index contributed by atoms with van der Waals surface area (Å²) in [5.74, 6) is 0.466. The third kappa shape index (κ3) is 3.77. The number of ether oxygens (including phenoxy) is 1. The Labute approximate surface area is 162 Å². The van der Waals surface area contributed by atoms with Crippen LogP contribution in [0.5, 0.6) is 5.75 Å². The van der Waals surface area contributed by atoms with E-state index in [4.69, 9.17) is 4.74 Å². The molecule has 1 heterocycles. The highest BCUT2D eigenvalue weighted by Crippen LogP contribution is 2.31. The zero-order valence-corrected chi connectivity index (χ0v) is 16.9. The Hall–Kier alpha value is -2.58. The summed E-state index contributed by atoms with van der Waals surface area (Å²) in [4.78, 5) is 12.8. The lowest BCUT2D eigenvalue weighted by molar-refractivity contribution is 0.0960. The van der Waals surface area contributed by atoms with Crippen molar-refractivity contribution >= 4 is 43.0 Å². The monoisotopic (exact) mass is 404 g/mol. The van der Waals surface area contributed by atoms with Crippen LogP contribution in [0.4, 0.5) is 5.69 Å². The van der Waals surface area contributed by atoms with Crippen molar-refractivity contribution in [1.29, 1.82) is 0 Å². The number of carbonyl (C=O) groups excluding carboxylic acids is 1. The maximum absolute atomic E-state index is 12.9. The Morgan fingerprint density at radius 3 is 2.48 bits per heavy atom. The molecule has 3 aromatic rings. The van der Waals surface area contributed by atoms with Gasteiger partial charge in [-0.05, 0) is 60.8 Å². The lowest BCUT2D eigenvalue weighted by Crippen LogP contribution is -2.26. The van der Waals surface area contributed by atoms with E-state index in [-0.39, 0.29) is 10.8 Å². The van der Waals surface area contributed by atoms with Crippen molar-refractivity contribution in [3.8, 4) is 5.75 Å². The molecule has 3 rings (SSSR count). The first-order valence-corrected chi connectivity index (χ1v) is 10.6. The van der Waals surface area contributed by atoms with Gasteiger partial charge in [-0.3, -0.25) is 9.10 Å². The fourth-order valence-corrected chi connectivity index (χ4v) is 4.78. The normalized spacial score (nSPS) is 11.4. The summed E-state index contributed by atoms with van der Waals surface area (Å²) in [7, 11) is -0.662. The molecule has 0 unspecified atom stereocenters. The van der Waals surface area contributed by atoms with Crippen LogP contribution < -0.4 is 14.4 Å². The van der Waals surface area contributed by atoms with E-state index in [2.05, 4.69) is 5.32 Å². The summed E-state index contributed by atoms with van der Waals surface area (Å²) >= 11 is 1.38.